The molecule has 3 aromatic rings. The molecule has 2 aromatic heterocycles. The molecule has 6 nitrogen and oxygen atoms in total. The Balaban J connectivity index is 1.81. The van der Waals surface area contributed by atoms with Gasteiger partial charge in [-0.2, -0.15) is 0 Å². The van der Waals surface area contributed by atoms with Crippen LogP contribution in [-0.4, -0.2) is 35.8 Å². The smallest absolute Gasteiger partial charge is 0.275 e. The molecule has 128 valence electrons. The number of nitrogens with one attached hydrogen (secondary N) is 1. The van der Waals surface area contributed by atoms with Gasteiger partial charge in [0.25, 0.3) is 11.8 Å². The number of carbonyl (C=O) groups is 2. The molecule has 0 atom stereocenters. The second kappa shape index (κ2) is 6.90. The average Bonchev–Trinajstić information content (AvgIpc) is 3.23. The second-order valence-corrected chi connectivity index (χ2v) is 6.84. The van der Waals surface area contributed by atoms with Gasteiger partial charge in [0, 0.05) is 30.2 Å². The summed E-state index contributed by atoms with van der Waals surface area (Å²) < 4.78 is 5.32. The maximum Gasteiger partial charge on any atom is 0.275 e. The zero-order valence-corrected chi connectivity index (χ0v) is 14.9. The van der Waals surface area contributed by atoms with Crippen molar-refractivity contribution in [1.82, 2.24) is 9.88 Å². The van der Waals surface area contributed by atoms with Crippen molar-refractivity contribution in [1.29, 1.82) is 0 Å². The molecule has 2 heterocycles. The van der Waals surface area contributed by atoms with Gasteiger partial charge >= 0.3 is 0 Å². The second-order valence-electron chi connectivity index (χ2n) is 5.64. The van der Waals surface area contributed by atoms with Crippen molar-refractivity contribution >= 4 is 28.8 Å². The molecule has 2 amide bonds. The van der Waals surface area contributed by atoms with E-state index in [1.807, 2.05) is 6.92 Å². The highest BCUT2D eigenvalue weighted by molar-refractivity contribution is 7.15. The number of aryl methyl sites for hydroxylation is 1. The first-order chi connectivity index (χ1) is 12.0. The summed E-state index contributed by atoms with van der Waals surface area (Å²) in [6.45, 7) is 1.84. The summed E-state index contributed by atoms with van der Waals surface area (Å²) in [6, 6.07) is 10.4. The number of hydrogen-bond acceptors (Lipinski definition) is 5. The Morgan fingerprint density at radius 3 is 2.68 bits per heavy atom. The number of carbonyl (C=O) groups excluding carboxylic acids is 2. The van der Waals surface area contributed by atoms with Crippen LogP contribution in [0.2, 0.25) is 0 Å². The van der Waals surface area contributed by atoms with Gasteiger partial charge in [-0.25, -0.2) is 4.98 Å². The number of amides is 2. The van der Waals surface area contributed by atoms with Crippen molar-refractivity contribution in [2.45, 2.75) is 6.92 Å². The summed E-state index contributed by atoms with van der Waals surface area (Å²) in [5.74, 6) is 0.188. The molecule has 0 saturated heterocycles. The number of hydrogen-bond donors (Lipinski definition) is 1. The average molecular weight is 355 g/mol. The SMILES string of the molecule is Cc1sc(-c2ccco2)nc1C(=O)Nc1cccc(C(=O)N(C)C)c1. The molecule has 0 spiro atoms. The first kappa shape index (κ1) is 16.9. The van der Waals surface area contributed by atoms with Crippen LogP contribution < -0.4 is 5.32 Å². The van der Waals surface area contributed by atoms with Gasteiger partial charge in [0.2, 0.25) is 0 Å². The largest absolute Gasteiger partial charge is 0.462 e. The lowest BCUT2D eigenvalue weighted by molar-refractivity contribution is 0.0827. The zero-order valence-electron chi connectivity index (χ0n) is 14.1. The molecule has 0 aliphatic heterocycles. The quantitative estimate of drug-likeness (QED) is 0.775. The Morgan fingerprint density at radius 2 is 2.00 bits per heavy atom. The number of furan rings is 1. The Hall–Kier alpha value is -2.93. The number of benzene rings is 1. The van der Waals surface area contributed by atoms with Crippen molar-refractivity contribution in [3.8, 4) is 10.8 Å². The molecule has 3 rings (SSSR count). The number of thiazole rings is 1. The Bertz CT molecular complexity index is 914. The Morgan fingerprint density at radius 1 is 1.20 bits per heavy atom. The molecule has 0 saturated carbocycles. The van der Waals surface area contributed by atoms with Gasteiger partial charge in [0.1, 0.15) is 5.69 Å². The van der Waals surface area contributed by atoms with Gasteiger partial charge in [-0.05, 0) is 37.3 Å². The topological polar surface area (TPSA) is 75.4 Å². The van der Waals surface area contributed by atoms with E-state index >= 15 is 0 Å². The lowest BCUT2D eigenvalue weighted by Gasteiger charge is -2.11. The molecule has 0 aliphatic carbocycles. The van der Waals surface area contributed by atoms with Crippen LogP contribution in [0.5, 0.6) is 0 Å². The summed E-state index contributed by atoms with van der Waals surface area (Å²) in [5, 5.41) is 3.45. The van der Waals surface area contributed by atoms with E-state index in [2.05, 4.69) is 10.3 Å². The summed E-state index contributed by atoms with van der Waals surface area (Å²) in [5.41, 5.74) is 1.40. The van der Waals surface area contributed by atoms with E-state index in [0.717, 1.165) is 4.88 Å². The van der Waals surface area contributed by atoms with Gasteiger partial charge in [0.05, 0.1) is 6.26 Å². The molecule has 0 radical (unpaired) electrons. The number of aromatic nitrogens is 1. The van der Waals surface area contributed by atoms with E-state index in [1.54, 1.807) is 56.8 Å². The first-order valence-electron chi connectivity index (χ1n) is 7.60. The Labute approximate surface area is 149 Å². The summed E-state index contributed by atoms with van der Waals surface area (Å²) in [4.78, 5) is 31.2. The van der Waals surface area contributed by atoms with Gasteiger partial charge in [0.15, 0.2) is 10.8 Å². The van der Waals surface area contributed by atoms with Gasteiger partial charge in [-0.3, -0.25) is 9.59 Å². The van der Waals surface area contributed by atoms with E-state index in [9.17, 15) is 9.59 Å². The molecule has 0 bridgehead atoms. The van der Waals surface area contributed by atoms with E-state index < -0.39 is 0 Å². The fourth-order valence-electron chi connectivity index (χ4n) is 2.29. The first-order valence-corrected chi connectivity index (χ1v) is 8.41. The highest BCUT2D eigenvalue weighted by atomic mass is 32.1. The van der Waals surface area contributed by atoms with Crippen LogP contribution >= 0.6 is 11.3 Å². The van der Waals surface area contributed by atoms with Crippen LogP contribution in [0.4, 0.5) is 5.69 Å². The van der Waals surface area contributed by atoms with Crippen molar-refractivity contribution in [2.24, 2.45) is 0 Å². The molecular formula is C18H17N3O3S. The van der Waals surface area contributed by atoms with Gasteiger partial charge in [-0.15, -0.1) is 11.3 Å². The normalized spacial score (nSPS) is 10.5. The summed E-state index contributed by atoms with van der Waals surface area (Å²) in [6.07, 6.45) is 1.57. The summed E-state index contributed by atoms with van der Waals surface area (Å²) >= 11 is 1.40. The molecule has 1 N–H and O–H groups in total. The maximum absolute atomic E-state index is 12.5. The summed E-state index contributed by atoms with van der Waals surface area (Å²) in [7, 11) is 3.37. The molecule has 1 aromatic carbocycles. The lowest BCUT2D eigenvalue weighted by Crippen LogP contribution is -2.22. The molecule has 0 aliphatic rings. The Kier molecular flexibility index (Phi) is 4.67. The molecule has 0 fully saturated rings. The highest BCUT2D eigenvalue weighted by Gasteiger charge is 2.18. The van der Waals surface area contributed by atoms with Crippen LogP contribution in [0.25, 0.3) is 10.8 Å². The van der Waals surface area contributed by atoms with E-state index in [0.29, 0.717) is 27.7 Å². The van der Waals surface area contributed by atoms with Crippen molar-refractivity contribution in [3.05, 3.63) is 58.8 Å². The minimum Gasteiger partial charge on any atom is -0.462 e. The van der Waals surface area contributed by atoms with E-state index in [-0.39, 0.29) is 11.8 Å². The zero-order chi connectivity index (χ0) is 18.0. The third kappa shape index (κ3) is 3.61. The molecule has 7 heteroatoms. The minimum atomic E-state index is -0.319. The van der Waals surface area contributed by atoms with Crippen LogP contribution in [0.1, 0.15) is 25.7 Å². The van der Waals surface area contributed by atoms with Crippen LogP contribution in [0, 0.1) is 6.92 Å². The van der Waals surface area contributed by atoms with Crippen LogP contribution in [0.3, 0.4) is 0 Å². The number of rotatable bonds is 4. The fraction of sp³-hybridized carbons (Fsp3) is 0.167. The van der Waals surface area contributed by atoms with Crippen molar-refractivity contribution in [2.75, 3.05) is 19.4 Å². The minimum absolute atomic E-state index is 0.124. The number of nitrogens with zero attached hydrogens (tertiary/aromatic N) is 2. The highest BCUT2D eigenvalue weighted by Crippen LogP contribution is 2.28. The predicted octanol–water partition coefficient (Wildman–Crippen LogP) is 3.67. The maximum atomic E-state index is 12.5. The van der Waals surface area contributed by atoms with Crippen molar-refractivity contribution in [3.63, 3.8) is 0 Å². The van der Waals surface area contributed by atoms with Crippen LogP contribution in [0.15, 0.2) is 47.1 Å². The fourth-order valence-corrected chi connectivity index (χ4v) is 3.17. The third-order valence-corrected chi connectivity index (χ3v) is 4.50. The number of anilines is 1. The third-order valence-electron chi connectivity index (χ3n) is 3.52. The van der Waals surface area contributed by atoms with Gasteiger partial charge in [-0.1, -0.05) is 6.07 Å². The van der Waals surface area contributed by atoms with Crippen molar-refractivity contribution < 1.29 is 14.0 Å². The van der Waals surface area contributed by atoms with Crippen LogP contribution in [-0.2, 0) is 0 Å². The lowest BCUT2D eigenvalue weighted by atomic mass is 10.2. The standard InChI is InChI=1S/C18H17N3O3S/c1-11-15(20-17(25-11)14-8-5-9-24-14)16(22)19-13-7-4-6-12(10-13)18(23)21(2)3/h4-10H,1-3H3,(H,19,22). The monoisotopic (exact) mass is 355 g/mol. The van der Waals surface area contributed by atoms with E-state index in [4.69, 9.17) is 4.42 Å². The van der Waals surface area contributed by atoms with Gasteiger partial charge < -0.3 is 14.6 Å². The van der Waals surface area contributed by atoms with E-state index in [1.165, 1.54) is 16.2 Å². The predicted molar refractivity (Wildman–Crippen MR) is 97.0 cm³/mol. The molecule has 0 unspecified atom stereocenters. The molecular weight excluding hydrogens is 338 g/mol. The molecule has 25 heavy (non-hydrogen) atoms.